The van der Waals surface area contributed by atoms with Crippen LogP contribution in [0.4, 0.5) is 14.9 Å². The molecule has 170 valence electrons. The predicted molar refractivity (Wildman–Crippen MR) is 119 cm³/mol. The lowest BCUT2D eigenvalue weighted by Crippen LogP contribution is -2.33. The number of ether oxygens (including phenoxy) is 1. The number of hydrogen-bond donors (Lipinski definition) is 5. The Morgan fingerprint density at radius 2 is 2.03 bits per heavy atom. The topological polar surface area (TPSA) is 135 Å². The Balaban J connectivity index is 1.64. The van der Waals surface area contributed by atoms with Crippen LogP contribution in [0.15, 0.2) is 54.4 Å². The molecule has 7 N–H and O–H groups in total. The largest absolute Gasteiger partial charge is 0.442 e. The number of carbonyl (C=O) groups excluding carboxylic acids is 2. The van der Waals surface area contributed by atoms with Crippen LogP contribution < -0.4 is 32.5 Å². The van der Waals surface area contributed by atoms with Crippen molar-refractivity contribution in [3.63, 3.8) is 0 Å². The van der Waals surface area contributed by atoms with E-state index in [-0.39, 0.29) is 19.0 Å². The molecule has 0 spiro atoms. The monoisotopic (exact) mass is 442 g/mol. The van der Waals surface area contributed by atoms with Gasteiger partial charge in [0.15, 0.2) is 0 Å². The molecule has 1 unspecified atom stereocenters. The first-order valence-electron chi connectivity index (χ1n) is 10.1. The predicted octanol–water partition coefficient (Wildman–Crippen LogP) is 1.31. The fourth-order valence-corrected chi connectivity index (χ4v) is 3.30. The van der Waals surface area contributed by atoms with Gasteiger partial charge in [0.2, 0.25) is 5.91 Å². The van der Waals surface area contributed by atoms with Crippen molar-refractivity contribution in [2.45, 2.75) is 19.6 Å². The number of cyclic esters (lactones) is 1. The van der Waals surface area contributed by atoms with Gasteiger partial charge >= 0.3 is 6.09 Å². The average molecular weight is 442 g/mol. The summed E-state index contributed by atoms with van der Waals surface area (Å²) in [6.45, 7) is 2.93. The number of benzene rings is 2. The molecule has 0 aromatic heterocycles. The van der Waals surface area contributed by atoms with E-state index in [1.54, 1.807) is 12.1 Å². The van der Waals surface area contributed by atoms with E-state index in [2.05, 4.69) is 16.1 Å². The maximum atomic E-state index is 14.9. The second-order valence-corrected chi connectivity index (χ2v) is 7.35. The third-order valence-electron chi connectivity index (χ3n) is 5.01. The number of hydrogen-bond acceptors (Lipinski definition) is 7. The molecule has 2 aromatic carbocycles. The summed E-state index contributed by atoms with van der Waals surface area (Å²) >= 11 is 0. The number of hydrazine groups is 1. The van der Waals surface area contributed by atoms with E-state index >= 15 is 0 Å². The smallest absolute Gasteiger partial charge is 0.414 e. The van der Waals surface area contributed by atoms with Gasteiger partial charge in [-0.05, 0) is 29.3 Å². The van der Waals surface area contributed by atoms with Crippen LogP contribution in [0.25, 0.3) is 11.1 Å². The van der Waals surface area contributed by atoms with Gasteiger partial charge in [-0.2, -0.15) is 0 Å². The van der Waals surface area contributed by atoms with Crippen molar-refractivity contribution < 1.29 is 18.7 Å². The summed E-state index contributed by atoms with van der Waals surface area (Å²) in [6.07, 6.45) is 0.349. The minimum absolute atomic E-state index is 0.207. The molecule has 9 nitrogen and oxygen atoms in total. The quantitative estimate of drug-likeness (QED) is 0.292. The van der Waals surface area contributed by atoms with Crippen molar-refractivity contribution in [1.29, 1.82) is 0 Å². The molecule has 1 heterocycles. The molecule has 0 saturated carbocycles. The van der Waals surface area contributed by atoms with E-state index in [0.29, 0.717) is 30.0 Å². The molecule has 1 fully saturated rings. The molecule has 0 aliphatic carbocycles. The molecular formula is C22H27FN6O3. The lowest BCUT2D eigenvalue weighted by Gasteiger charge is -2.15. The lowest BCUT2D eigenvalue weighted by atomic mass is 10.0. The molecule has 3 rings (SSSR count). The molecule has 2 amide bonds. The number of carbonyl (C=O) groups is 2. The summed E-state index contributed by atoms with van der Waals surface area (Å²) in [5, 5.41) is 5.81. The fraction of sp³-hybridized carbons (Fsp3) is 0.273. The zero-order chi connectivity index (χ0) is 23.1. The van der Waals surface area contributed by atoms with Crippen molar-refractivity contribution in [2.24, 2.45) is 11.6 Å². The van der Waals surface area contributed by atoms with Gasteiger partial charge in [0, 0.05) is 31.8 Å². The normalized spacial score (nSPS) is 16.1. The third kappa shape index (κ3) is 5.74. The third-order valence-corrected chi connectivity index (χ3v) is 5.01. The van der Waals surface area contributed by atoms with Crippen molar-refractivity contribution in [2.75, 3.05) is 24.5 Å². The first kappa shape index (κ1) is 23.0. The van der Waals surface area contributed by atoms with Gasteiger partial charge in [0.1, 0.15) is 11.9 Å². The number of rotatable bonds is 9. The Kier molecular flexibility index (Phi) is 7.63. The van der Waals surface area contributed by atoms with Crippen LogP contribution in [0.5, 0.6) is 0 Å². The van der Waals surface area contributed by atoms with E-state index in [1.807, 2.05) is 24.3 Å². The van der Waals surface area contributed by atoms with E-state index in [9.17, 15) is 14.0 Å². The Bertz CT molecular complexity index is 996. The first-order chi connectivity index (χ1) is 15.4. The molecule has 1 atom stereocenters. The lowest BCUT2D eigenvalue weighted by molar-refractivity contribution is -0.119. The summed E-state index contributed by atoms with van der Waals surface area (Å²) in [5.41, 5.74) is 11.2. The van der Waals surface area contributed by atoms with Gasteiger partial charge in [-0.25, -0.2) is 9.18 Å². The Hall–Kier alpha value is -3.63. The maximum Gasteiger partial charge on any atom is 0.414 e. The summed E-state index contributed by atoms with van der Waals surface area (Å²) in [5.74, 6) is 4.68. The SMILES string of the molecule is CC(=O)NCC1CN(c2ccc(-c3ccc(CNC/C(=C/N)NN)cc3)c(F)c2)C(=O)O1. The van der Waals surface area contributed by atoms with Crippen molar-refractivity contribution in [3.8, 4) is 11.1 Å². The van der Waals surface area contributed by atoms with Gasteiger partial charge < -0.3 is 26.5 Å². The molecule has 2 aromatic rings. The Morgan fingerprint density at radius 3 is 2.66 bits per heavy atom. The second-order valence-electron chi connectivity index (χ2n) is 7.35. The Labute approximate surface area is 185 Å². The van der Waals surface area contributed by atoms with Crippen LogP contribution in [-0.2, 0) is 16.1 Å². The summed E-state index contributed by atoms with van der Waals surface area (Å²) in [4.78, 5) is 24.5. The highest BCUT2D eigenvalue weighted by Crippen LogP contribution is 2.29. The molecule has 10 heteroatoms. The molecule has 0 radical (unpaired) electrons. The highest BCUT2D eigenvalue weighted by molar-refractivity contribution is 5.90. The highest BCUT2D eigenvalue weighted by atomic mass is 19.1. The molecule has 1 aliphatic rings. The van der Waals surface area contributed by atoms with Crippen LogP contribution in [-0.4, -0.2) is 37.7 Å². The minimum atomic E-state index is -0.568. The van der Waals surface area contributed by atoms with Crippen LogP contribution in [0.3, 0.4) is 0 Å². The first-order valence-corrected chi connectivity index (χ1v) is 10.1. The number of anilines is 1. The van der Waals surface area contributed by atoms with Gasteiger partial charge in [-0.3, -0.25) is 15.5 Å². The Morgan fingerprint density at radius 1 is 1.28 bits per heavy atom. The molecule has 1 aliphatic heterocycles. The summed E-state index contributed by atoms with van der Waals surface area (Å²) in [7, 11) is 0. The maximum absolute atomic E-state index is 14.9. The summed E-state index contributed by atoms with van der Waals surface area (Å²) in [6, 6.07) is 12.1. The number of amides is 2. The van der Waals surface area contributed by atoms with Gasteiger partial charge in [0.05, 0.1) is 24.5 Å². The second kappa shape index (κ2) is 10.6. The number of halogens is 1. The minimum Gasteiger partial charge on any atom is -0.442 e. The fourth-order valence-electron chi connectivity index (χ4n) is 3.30. The number of nitrogens with one attached hydrogen (secondary N) is 3. The zero-order valence-electron chi connectivity index (χ0n) is 17.7. The standard InChI is InChI=1S/C22H27FN6O3/c1-14(30)27-12-19-13-29(22(31)32-19)18-6-7-20(21(23)8-18)16-4-2-15(3-5-16)10-26-11-17(9-24)28-25/h2-9,19,26,28H,10-13,24-25H2,1H3,(H,27,30)/b17-9-. The van der Waals surface area contributed by atoms with Crippen molar-refractivity contribution in [1.82, 2.24) is 16.1 Å². The van der Waals surface area contributed by atoms with Gasteiger partial charge in [-0.15, -0.1) is 0 Å². The molecule has 32 heavy (non-hydrogen) atoms. The average Bonchev–Trinajstić information content (AvgIpc) is 3.16. The van der Waals surface area contributed by atoms with Crippen LogP contribution in [0, 0.1) is 5.82 Å². The van der Waals surface area contributed by atoms with Crippen molar-refractivity contribution >= 4 is 17.7 Å². The van der Waals surface area contributed by atoms with Crippen LogP contribution in [0.1, 0.15) is 12.5 Å². The van der Waals surface area contributed by atoms with Gasteiger partial charge in [-0.1, -0.05) is 24.3 Å². The van der Waals surface area contributed by atoms with E-state index < -0.39 is 18.0 Å². The van der Waals surface area contributed by atoms with E-state index in [0.717, 1.165) is 11.1 Å². The number of nitrogens with zero attached hydrogens (tertiary/aromatic N) is 1. The van der Waals surface area contributed by atoms with Gasteiger partial charge in [0.25, 0.3) is 0 Å². The zero-order valence-corrected chi connectivity index (χ0v) is 17.7. The van der Waals surface area contributed by atoms with Crippen molar-refractivity contribution in [3.05, 3.63) is 65.7 Å². The van der Waals surface area contributed by atoms with Crippen LogP contribution in [0.2, 0.25) is 0 Å². The number of nitrogens with two attached hydrogens (primary N) is 2. The highest BCUT2D eigenvalue weighted by Gasteiger charge is 2.32. The van der Waals surface area contributed by atoms with E-state index in [1.165, 1.54) is 24.1 Å². The van der Waals surface area contributed by atoms with E-state index in [4.69, 9.17) is 16.3 Å². The molecule has 1 saturated heterocycles. The summed E-state index contributed by atoms with van der Waals surface area (Å²) < 4.78 is 20.1. The van der Waals surface area contributed by atoms with Crippen LogP contribution >= 0.6 is 0 Å². The molecule has 0 bridgehead atoms. The molecular weight excluding hydrogens is 415 g/mol.